The third kappa shape index (κ3) is 3.46. The molecule has 2 atom stereocenters. The van der Waals surface area contributed by atoms with Crippen LogP contribution in [0, 0.1) is 11.3 Å². The van der Waals surface area contributed by atoms with Crippen molar-refractivity contribution in [3.8, 4) is 11.5 Å². The van der Waals surface area contributed by atoms with E-state index in [0.29, 0.717) is 11.5 Å². The predicted molar refractivity (Wildman–Crippen MR) is 105 cm³/mol. The lowest BCUT2D eigenvalue weighted by Crippen LogP contribution is -2.36. The van der Waals surface area contributed by atoms with E-state index in [-0.39, 0.29) is 23.3 Å². The lowest BCUT2D eigenvalue weighted by atomic mass is 9.91. The van der Waals surface area contributed by atoms with Crippen LogP contribution < -0.4 is 20.1 Å². The maximum Gasteiger partial charge on any atom is 0.224 e. The fourth-order valence-corrected chi connectivity index (χ4v) is 4.39. The van der Waals surface area contributed by atoms with Crippen molar-refractivity contribution in [1.29, 1.82) is 0 Å². The van der Waals surface area contributed by atoms with Gasteiger partial charge in [0.05, 0.1) is 14.2 Å². The summed E-state index contributed by atoms with van der Waals surface area (Å²) in [5.74, 6) is 2.35. The van der Waals surface area contributed by atoms with Gasteiger partial charge in [-0.3, -0.25) is 4.79 Å². The molecular formula is C21H28N4O3. The maximum absolute atomic E-state index is 13.1. The predicted octanol–water partition coefficient (Wildman–Crippen LogP) is 2.03. The number of imidazole rings is 1. The Labute approximate surface area is 165 Å². The Morgan fingerprint density at radius 2 is 1.93 bits per heavy atom. The van der Waals surface area contributed by atoms with Gasteiger partial charge in [0, 0.05) is 31.4 Å². The van der Waals surface area contributed by atoms with E-state index in [1.54, 1.807) is 20.4 Å². The molecule has 2 fully saturated rings. The van der Waals surface area contributed by atoms with Gasteiger partial charge in [0.15, 0.2) is 0 Å². The molecular weight excluding hydrogens is 356 g/mol. The number of nitrogens with one attached hydrogen (secondary N) is 2. The van der Waals surface area contributed by atoms with Gasteiger partial charge < -0.3 is 24.7 Å². The quantitative estimate of drug-likeness (QED) is 0.797. The molecule has 7 nitrogen and oxygen atoms in total. The first-order chi connectivity index (χ1) is 13.6. The number of piperidine rings is 1. The van der Waals surface area contributed by atoms with E-state index in [4.69, 9.17) is 9.47 Å². The molecule has 2 N–H and O–H groups in total. The summed E-state index contributed by atoms with van der Waals surface area (Å²) in [4.78, 5) is 17.6. The number of hydrogen-bond donors (Lipinski definition) is 2. The molecule has 1 aromatic heterocycles. The topological polar surface area (TPSA) is 77.4 Å². The second-order valence-electron chi connectivity index (χ2n) is 7.85. The summed E-state index contributed by atoms with van der Waals surface area (Å²) >= 11 is 0. The van der Waals surface area contributed by atoms with Crippen LogP contribution in [-0.2, 0) is 11.8 Å². The van der Waals surface area contributed by atoms with Gasteiger partial charge in [-0.25, -0.2) is 4.98 Å². The summed E-state index contributed by atoms with van der Waals surface area (Å²) in [5.41, 5.74) is 1.08. The Balaban J connectivity index is 1.62. The first-order valence-corrected chi connectivity index (χ1v) is 9.77. The van der Waals surface area contributed by atoms with Crippen LogP contribution in [0.15, 0.2) is 30.6 Å². The number of benzene rings is 1. The zero-order valence-electron chi connectivity index (χ0n) is 16.7. The first kappa shape index (κ1) is 18.8. The average molecular weight is 384 g/mol. The number of amides is 1. The number of hydrogen-bond acceptors (Lipinski definition) is 5. The van der Waals surface area contributed by atoms with E-state index in [1.807, 2.05) is 36.0 Å². The molecule has 0 radical (unpaired) electrons. The number of rotatable bonds is 6. The molecule has 2 aromatic rings. The minimum atomic E-state index is -0.365. The summed E-state index contributed by atoms with van der Waals surface area (Å²) in [7, 11) is 5.18. The second kappa shape index (κ2) is 7.47. The summed E-state index contributed by atoms with van der Waals surface area (Å²) in [6.45, 7) is 2.00. The average Bonchev–Trinajstić information content (AvgIpc) is 3.24. The highest BCUT2D eigenvalue weighted by Gasteiger charge is 2.57. The Morgan fingerprint density at radius 3 is 2.50 bits per heavy atom. The molecule has 1 aliphatic heterocycles. The number of carbonyl (C=O) groups is 1. The number of aryl methyl sites for hydroxylation is 1. The van der Waals surface area contributed by atoms with Gasteiger partial charge in [0.2, 0.25) is 5.91 Å². The van der Waals surface area contributed by atoms with E-state index in [9.17, 15) is 4.79 Å². The van der Waals surface area contributed by atoms with Crippen LogP contribution in [0.4, 0.5) is 0 Å². The van der Waals surface area contributed by atoms with Crippen molar-refractivity contribution in [1.82, 2.24) is 20.2 Å². The van der Waals surface area contributed by atoms with Crippen molar-refractivity contribution in [3.63, 3.8) is 0 Å². The first-order valence-electron chi connectivity index (χ1n) is 9.77. The molecule has 2 heterocycles. The largest absolute Gasteiger partial charge is 0.497 e. The van der Waals surface area contributed by atoms with Crippen LogP contribution in [0.5, 0.6) is 11.5 Å². The van der Waals surface area contributed by atoms with E-state index in [1.165, 1.54) is 0 Å². The zero-order valence-corrected chi connectivity index (χ0v) is 16.7. The molecule has 0 bridgehead atoms. The summed E-state index contributed by atoms with van der Waals surface area (Å²) in [6, 6.07) is 5.31. The van der Waals surface area contributed by atoms with Crippen molar-refractivity contribution < 1.29 is 14.3 Å². The Kier molecular flexibility index (Phi) is 5.02. The normalized spacial score (nSPS) is 21.2. The van der Waals surface area contributed by atoms with Gasteiger partial charge >= 0.3 is 0 Å². The van der Waals surface area contributed by atoms with Gasteiger partial charge in [-0.05, 0) is 55.5 Å². The summed E-state index contributed by atoms with van der Waals surface area (Å²) in [5, 5.41) is 6.65. The molecule has 1 spiro atoms. The summed E-state index contributed by atoms with van der Waals surface area (Å²) in [6.07, 6.45) is 6.76. The lowest BCUT2D eigenvalue weighted by Gasteiger charge is -2.25. The number of methoxy groups -OCH3 is 2. The molecule has 4 rings (SSSR count). The van der Waals surface area contributed by atoms with Gasteiger partial charge in [0.25, 0.3) is 0 Å². The summed E-state index contributed by atoms with van der Waals surface area (Å²) < 4.78 is 12.8. The number of aromatic nitrogens is 2. The zero-order chi connectivity index (χ0) is 19.7. The second-order valence-corrected chi connectivity index (χ2v) is 7.85. The standard InChI is InChI=1S/C21H28N4O3/c1-25-9-8-23-19(25)18(14-10-15(27-2)12-16(11-14)28-3)24-20(26)17-13-21(17)4-6-22-7-5-21/h8-12,17-18,22H,4-7,13H2,1-3H3,(H,24,26). The molecule has 2 unspecified atom stereocenters. The van der Waals surface area contributed by atoms with Crippen molar-refractivity contribution >= 4 is 5.91 Å². The molecule has 1 saturated carbocycles. The fraction of sp³-hybridized carbons (Fsp3) is 0.524. The van der Waals surface area contributed by atoms with Gasteiger partial charge in [-0.15, -0.1) is 0 Å². The van der Waals surface area contributed by atoms with E-state index >= 15 is 0 Å². The van der Waals surface area contributed by atoms with Crippen molar-refractivity contribution in [2.75, 3.05) is 27.3 Å². The third-order valence-corrected chi connectivity index (χ3v) is 6.22. The van der Waals surface area contributed by atoms with Crippen LogP contribution in [-0.4, -0.2) is 42.8 Å². The third-order valence-electron chi connectivity index (χ3n) is 6.22. The number of nitrogens with zero attached hydrogens (tertiary/aromatic N) is 2. The van der Waals surface area contributed by atoms with Crippen LogP contribution in [0.2, 0.25) is 0 Å². The maximum atomic E-state index is 13.1. The fourth-order valence-electron chi connectivity index (χ4n) is 4.39. The molecule has 1 aliphatic carbocycles. The highest BCUT2D eigenvalue weighted by Crippen LogP contribution is 2.58. The molecule has 150 valence electrons. The Morgan fingerprint density at radius 1 is 1.25 bits per heavy atom. The van der Waals surface area contributed by atoms with Gasteiger partial charge in [-0.1, -0.05) is 0 Å². The van der Waals surface area contributed by atoms with E-state index in [0.717, 1.165) is 43.7 Å². The molecule has 1 aromatic carbocycles. The number of ether oxygens (including phenoxy) is 2. The monoisotopic (exact) mass is 384 g/mol. The van der Waals surface area contributed by atoms with Crippen LogP contribution in [0.3, 0.4) is 0 Å². The Hall–Kier alpha value is -2.54. The smallest absolute Gasteiger partial charge is 0.224 e. The molecule has 28 heavy (non-hydrogen) atoms. The molecule has 1 amide bonds. The van der Waals surface area contributed by atoms with E-state index < -0.39 is 0 Å². The van der Waals surface area contributed by atoms with Crippen molar-refractivity contribution in [3.05, 3.63) is 42.0 Å². The number of carbonyl (C=O) groups excluding carboxylic acids is 1. The minimum absolute atomic E-state index is 0.0878. The highest BCUT2D eigenvalue weighted by molar-refractivity contribution is 5.83. The van der Waals surface area contributed by atoms with Crippen molar-refractivity contribution in [2.24, 2.45) is 18.4 Å². The van der Waals surface area contributed by atoms with Gasteiger partial charge in [0.1, 0.15) is 23.4 Å². The van der Waals surface area contributed by atoms with E-state index in [2.05, 4.69) is 15.6 Å². The lowest BCUT2D eigenvalue weighted by molar-refractivity contribution is -0.123. The molecule has 1 saturated heterocycles. The Bertz CT molecular complexity index is 835. The van der Waals surface area contributed by atoms with Crippen LogP contribution in [0.1, 0.15) is 36.7 Å². The van der Waals surface area contributed by atoms with Crippen LogP contribution in [0.25, 0.3) is 0 Å². The molecule has 7 heteroatoms. The SMILES string of the molecule is COc1cc(OC)cc(C(NC(=O)C2CC23CCNCC3)c2nccn2C)c1. The van der Waals surface area contributed by atoms with Gasteiger partial charge in [-0.2, -0.15) is 0 Å². The van der Waals surface area contributed by atoms with Crippen LogP contribution >= 0.6 is 0 Å². The molecule has 2 aliphatic rings. The van der Waals surface area contributed by atoms with Crippen molar-refractivity contribution in [2.45, 2.75) is 25.3 Å². The minimum Gasteiger partial charge on any atom is -0.497 e. The highest BCUT2D eigenvalue weighted by atomic mass is 16.5.